The highest BCUT2D eigenvalue weighted by molar-refractivity contribution is 5.47. The van der Waals surface area contributed by atoms with Gasteiger partial charge in [0.1, 0.15) is 23.8 Å². The third kappa shape index (κ3) is 3.18. The Labute approximate surface area is 112 Å². The van der Waals surface area contributed by atoms with Gasteiger partial charge in [0, 0.05) is 26.1 Å². The minimum absolute atomic E-state index is 0.281. The molecule has 7 nitrogen and oxygen atoms in total. The lowest BCUT2D eigenvalue weighted by Crippen LogP contribution is -2.10. The summed E-state index contributed by atoms with van der Waals surface area (Å²) in [6, 6.07) is 1.88. The van der Waals surface area contributed by atoms with Gasteiger partial charge >= 0.3 is 0 Å². The van der Waals surface area contributed by atoms with Crippen molar-refractivity contribution in [1.82, 2.24) is 24.7 Å². The molecule has 0 bridgehead atoms. The van der Waals surface area contributed by atoms with Gasteiger partial charge in [0.05, 0.1) is 6.54 Å². The Balaban J connectivity index is 2.15. The maximum Gasteiger partial charge on any atom is 0.151 e. The molecule has 2 heterocycles. The van der Waals surface area contributed by atoms with Crippen LogP contribution in [0.4, 0.5) is 11.6 Å². The second-order valence-corrected chi connectivity index (χ2v) is 4.61. The number of nitrogens with one attached hydrogen (secondary N) is 2. The number of rotatable bonds is 5. The van der Waals surface area contributed by atoms with Crippen LogP contribution in [-0.4, -0.2) is 31.8 Å². The monoisotopic (exact) mass is 261 g/mol. The number of aromatic nitrogens is 5. The van der Waals surface area contributed by atoms with Crippen molar-refractivity contribution < 1.29 is 0 Å². The first kappa shape index (κ1) is 13.3. The van der Waals surface area contributed by atoms with Gasteiger partial charge in [-0.2, -0.15) is 0 Å². The molecule has 0 amide bonds. The zero-order valence-corrected chi connectivity index (χ0v) is 11.7. The normalized spacial score (nSPS) is 10.8. The van der Waals surface area contributed by atoms with E-state index in [0.29, 0.717) is 6.54 Å². The third-order valence-electron chi connectivity index (χ3n) is 2.75. The van der Waals surface area contributed by atoms with Crippen molar-refractivity contribution in [2.45, 2.75) is 26.3 Å². The molecule has 2 rings (SSSR count). The first-order valence-electron chi connectivity index (χ1n) is 6.23. The first-order chi connectivity index (χ1) is 9.10. The molecule has 102 valence electrons. The minimum Gasteiger partial charge on any atom is -0.373 e. The van der Waals surface area contributed by atoms with Gasteiger partial charge in [-0.1, -0.05) is 13.8 Å². The van der Waals surface area contributed by atoms with Crippen LogP contribution in [0.3, 0.4) is 0 Å². The summed E-state index contributed by atoms with van der Waals surface area (Å²) in [7, 11) is 3.76. The topological polar surface area (TPSA) is 80.5 Å². The van der Waals surface area contributed by atoms with E-state index in [-0.39, 0.29) is 5.92 Å². The van der Waals surface area contributed by atoms with E-state index in [0.717, 1.165) is 23.3 Å². The lowest BCUT2D eigenvalue weighted by atomic mass is 10.2. The fourth-order valence-electron chi connectivity index (χ4n) is 1.58. The van der Waals surface area contributed by atoms with E-state index in [1.807, 2.05) is 24.7 Å². The van der Waals surface area contributed by atoms with E-state index in [9.17, 15) is 0 Å². The Morgan fingerprint density at radius 3 is 2.58 bits per heavy atom. The van der Waals surface area contributed by atoms with Crippen molar-refractivity contribution in [2.24, 2.45) is 7.05 Å². The van der Waals surface area contributed by atoms with Crippen molar-refractivity contribution >= 4 is 11.6 Å². The zero-order valence-electron chi connectivity index (χ0n) is 11.7. The summed E-state index contributed by atoms with van der Waals surface area (Å²) >= 11 is 0. The average molecular weight is 261 g/mol. The van der Waals surface area contributed by atoms with Crippen LogP contribution in [0.2, 0.25) is 0 Å². The number of hydrogen-bond acceptors (Lipinski definition) is 6. The Morgan fingerprint density at radius 2 is 2.00 bits per heavy atom. The molecule has 0 saturated heterocycles. The van der Waals surface area contributed by atoms with Crippen molar-refractivity contribution in [1.29, 1.82) is 0 Å². The van der Waals surface area contributed by atoms with Gasteiger partial charge in [-0.25, -0.2) is 9.97 Å². The van der Waals surface area contributed by atoms with Crippen LogP contribution in [0.5, 0.6) is 0 Å². The molecule has 0 radical (unpaired) electrons. The van der Waals surface area contributed by atoms with Gasteiger partial charge in [-0.15, -0.1) is 10.2 Å². The third-order valence-corrected chi connectivity index (χ3v) is 2.75. The van der Waals surface area contributed by atoms with Crippen molar-refractivity contribution in [3.63, 3.8) is 0 Å². The molecule has 0 saturated carbocycles. The molecule has 0 aliphatic heterocycles. The summed E-state index contributed by atoms with van der Waals surface area (Å²) < 4.78 is 1.87. The summed E-state index contributed by atoms with van der Waals surface area (Å²) in [5.41, 5.74) is 0. The van der Waals surface area contributed by atoms with Gasteiger partial charge in [0.15, 0.2) is 5.82 Å². The maximum atomic E-state index is 4.49. The van der Waals surface area contributed by atoms with E-state index >= 15 is 0 Å². The standard InChI is InChI=1S/C12H19N7/c1-8(2)12-16-9(13-3)5-10(17-12)14-6-11-18-15-7-19(11)4/h5,7-8H,6H2,1-4H3,(H2,13,14,16,17). The van der Waals surface area contributed by atoms with Crippen molar-refractivity contribution in [2.75, 3.05) is 17.7 Å². The van der Waals surface area contributed by atoms with Crippen LogP contribution in [0, 0.1) is 0 Å². The lowest BCUT2D eigenvalue weighted by Gasteiger charge is -2.11. The van der Waals surface area contributed by atoms with Crippen LogP contribution >= 0.6 is 0 Å². The van der Waals surface area contributed by atoms with Gasteiger partial charge in [0.2, 0.25) is 0 Å². The van der Waals surface area contributed by atoms with Crippen LogP contribution < -0.4 is 10.6 Å². The predicted molar refractivity (Wildman–Crippen MR) is 74.0 cm³/mol. The second-order valence-electron chi connectivity index (χ2n) is 4.61. The predicted octanol–water partition coefficient (Wildman–Crippen LogP) is 1.38. The molecule has 7 heteroatoms. The fourth-order valence-corrected chi connectivity index (χ4v) is 1.58. The molecule has 0 aliphatic carbocycles. The number of nitrogens with zero attached hydrogens (tertiary/aromatic N) is 5. The van der Waals surface area contributed by atoms with E-state index in [1.165, 1.54) is 0 Å². The summed E-state index contributed by atoms with van der Waals surface area (Å²) in [4.78, 5) is 8.91. The Morgan fingerprint density at radius 1 is 1.26 bits per heavy atom. The smallest absolute Gasteiger partial charge is 0.151 e. The number of aryl methyl sites for hydroxylation is 1. The van der Waals surface area contributed by atoms with E-state index in [2.05, 4.69) is 44.6 Å². The molecular formula is C12H19N7. The molecule has 2 aromatic heterocycles. The van der Waals surface area contributed by atoms with Crippen molar-refractivity contribution in [3.05, 3.63) is 24.0 Å². The summed E-state index contributed by atoms with van der Waals surface area (Å²) in [5, 5.41) is 14.2. The molecule has 2 aromatic rings. The number of anilines is 2. The minimum atomic E-state index is 0.281. The van der Waals surface area contributed by atoms with E-state index in [1.54, 1.807) is 6.33 Å². The van der Waals surface area contributed by atoms with Crippen LogP contribution in [0.25, 0.3) is 0 Å². The molecule has 19 heavy (non-hydrogen) atoms. The molecule has 2 N–H and O–H groups in total. The molecule has 0 unspecified atom stereocenters. The highest BCUT2D eigenvalue weighted by Gasteiger charge is 2.08. The van der Waals surface area contributed by atoms with E-state index < -0.39 is 0 Å². The van der Waals surface area contributed by atoms with Gasteiger partial charge in [-0.3, -0.25) is 0 Å². The zero-order chi connectivity index (χ0) is 13.8. The highest BCUT2D eigenvalue weighted by Crippen LogP contribution is 2.16. The Kier molecular flexibility index (Phi) is 3.94. The average Bonchev–Trinajstić information content (AvgIpc) is 2.81. The second kappa shape index (κ2) is 5.64. The molecule has 0 aliphatic rings. The van der Waals surface area contributed by atoms with Crippen molar-refractivity contribution in [3.8, 4) is 0 Å². The van der Waals surface area contributed by atoms with Gasteiger partial charge in [-0.05, 0) is 0 Å². The lowest BCUT2D eigenvalue weighted by molar-refractivity contribution is 0.770. The summed E-state index contributed by atoms with van der Waals surface area (Å²) in [6.45, 7) is 4.72. The van der Waals surface area contributed by atoms with Crippen LogP contribution in [-0.2, 0) is 13.6 Å². The quantitative estimate of drug-likeness (QED) is 0.846. The summed E-state index contributed by atoms with van der Waals surface area (Å²) in [6.07, 6.45) is 1.68. The maximum absolute atomic E-state index is 4.49. The van der Waals surface area contributed by atoms with Crippen LogP contribution in [0.1, 0.15) is 31.4 Å². The summed E-state index contributed by atoms with van der Waals surface area (Å²) in [5.74, 6) is 3.54. The molecule has 0 atom stereocenters. The fraction of sp³-hybridized carbons (Fsp3) is 0.500. The SMILES string of the molecule is CNc1cc(NCc2nncn2C)nc(C(C)C)n1. The number of hydrogen-bond donors (Lipinski definition) is 2. The van der Waals surface area contributed by atoms with Crippen LogP contribution in [0.15, 0.2) is 12.4 Å². The molecule has 0 spiro atoms. The molecule has 0 aromatic carbocycles. The Hall–Kier alpha value is -2.18. The first-order valence-corrected chi connectivity index (χ1v) is 6.23. The van der Waals surface area contributed by atoms with Gasteiger partial charge < -0.3 is 15.2 Å². The Bertz CT molecular complexity index is 547. The molecule has 0 fully saturated rings. The molecular weight excluding hydrogens is 242 g/mol. The largest absolute Gasteiger partial charge is 0.373 e. The van der Waals surface area contributed by atoms with E-state index in [4.69, 9.17) is 0 Å². The van der Waals surface area contributed by atoms with Gasteiger partial charge in [0.25, 0.3) is 0 Å². The highest BCUT2D eigenvalue weighted by atomic mass is 15.3.